The number of nitrogens with one attached hydrogen (secondary N) is 1. The predicted molar refractivity (Wildman–Crippen MR) is 87.9 cm³/mol. The van der Waals surface area contributed by atoms with Gasteiger partial charge in [0.25, 0.3) is 0 Å². The van der Waals surface area contributed by atoms with E-state index in [0.29, 0.717) is 11.6 Å². The Morgan fingerprint density at radius 2 is 2.36 bits per heavy atom. The minimum Gasteiger partial charge on any atom is -0.301 e. The van der Waals surface area contributed by atoms with E-state index in [4.69, 9.17) is 16.9 Å². The SMILES string of the molecule is N#CCSCC(=O)Nc1ncc(Cc2ccc(F)c(Cl)c2)s1. The van der Waals surface area contributed by atoms with E-state index >= 15 is 0 Å². The molecule has 0 fully saturated rings. The summed E-state index contributed by atoms with van der Waals surface area (Å²) in [6, 6.07) is 6.53. The van der Waals surface area contributed by atoms with Crippen LogP contribution in [0.25, 0.3) is 0 Å². The summed E-state index contributed by atoms with van der Waals surface area (Å²) in [7, 11) is 0. The fraction of sp³-hybridized carbons (Fsp3) is 0.214. The number of halogens is 2. The number of hydrogen-bond donors (Lipinski definition) is 1. The zero-order valence-electron chi connectivity index (χ0n) is 11.3. The topological polar surface area (TPSA) is 65.8 Å². The maximum absolute atomic E-state index is 13.1. The molecule has 0 bridgehead atoms. The average molecular weight is 356 g/mol. The van der Waals surface area contributed by atoms with Crippen molar-refractivity contribution < 1.29 is 9.18 Å². The highest BCUT2D eigenvalue weighted by Gasteiger charge is 2.08. The summed E-state index contributed by atoms with van der Waals surface area (Å²) in [5.41, 5.74) is 0.873. The monoisotopic (exact) mass is 355 g/mol. The molecule has 4 nitrogen and oxygen atoms in total. The molecule has 0 unspecified atom stereocenters. The van der Waals surface area contributed by atoms with E-state index in [-0.39, 0.29) is 22.4 Å². The van der Waals surface area contributed by atoms with Crippen LogP contribution in [0.4, 0.5) is 9.52 Å². The van der Waals surface area contributed by atoms with E-state index in [1.54, 1.807) is 18.3 Å². The van der Waals surface area contributed by atoms with Crippen molar-refractivity contribution in [3.8, 4) is 6.07 Å². The summed E-state index contributed by atoms with van der Waals surface area (Å²) in [6.07, 6.45) is 2.23. The largest absolute Gasteiger partial charge is 0.301 e. The van der Waals surface area contributed by atoms with Gasteiger partial charge in [0.2, 0.25) is 5.91 Å². The summed E-state index contributed by atoms with van der Waals surface area (Å²) < 4.78 is 13.1. The first kappa shape index (κ1) is 16.7. The number of nitriles is 1. The lowest BCUT2D eigenvalue weighted by Crippen LogP contribution is -2.13. The van der Waals surface area contributed by atoms with Crippen LogP contribution in [0.2, 0.25) is 5.02 Å². The van der Waals surface area contributed by atoms with Crippen molar-refractivity contribution in [2.24, 2.45) is 0 Å². The quantitative estimate of drug-likeness (QED) is 0.802. The summed E-state index contributed by atoms with van der Waals surface area (Å²) in [5.74, 6) is -0.138. The Hall–Kier alpha value is -1.62. The molecule has 1 amide bonds. The van der Waals surface area contributed by atoms with Crippen LogP contribution in [0.3, 0.4) is 0 Å². The molecule has 2 aromatic rings. The van der Waals surface area contributed by atoms with Crippen molar-refractivity contribution in [1.82, 2.24) is 4.98 Å². The molecular weight excluding hydrogens is 345 g/mol. The van der Waals surface area contributed by atoms with Crippen molar-refractivity contribution in [2.45, 2.75) is 6.42 Å². The Bertz CT molecular complexity index is 714. The standard InChI is InChI=1S/C14H11ClFN3OS2/c15-11-6-9(1-2-12(11)16)5-10-7-18-14(22-10)19-13(20)8-21-4-3-17/h1-2,6-7H,4-5,8H2,(H,18,19,20). The number of hydrogen-bond acceptors (Lipinski definition) is 5. The number of thiazole rings is 1. The molecule has 1 heterocycles. The van der Waals surface area contributed by atoms with Gasteiger partial charge in [0.1, 0.15) is 5.82 Å². The lowest BCUT2D eigenvalue weighted by atomic mass is 10.1. The number of amides is 1. The second-order valence-corrected chi connectivity index (χ2v) is 6.76. The minimum atomic E-state index is -0.447. The summed E-state index contributed by atoms with van der Waals surface area (Å²) in [4.78, 5) is 16.7. The highest BCUT2D eigenvalue weighted by Crippen LogP contribution is 2.23. The normalized spacial score (nSPS) is 10.2. The van der Waals surface area contributed by atoms with Crippen molar-refractivity contribution in [2.75, 3.05) is 16.8 Å². The molecule has 0 saturated heterocycles. The van der Waals surface area contributed by atoms with Crippen LogP contribution in [0.1, 0.15) is 10.4 Å². The molecule has 0 aliphatic heterocycles. The fourth-order valence-corrected chi connectivity index (χ4v) is 3.16. The number of carbonyl (C=O) groups is 1. The van der Waals surface area contributed by atoms with E-state index in [9.17, 15) is 9.18 Å². The highest BCUT2D eigenvalue weighted by atomic mass is 35.5. The molecule has 8 heteroatoms. The maximum Gasteiger partial charge on any atom is 0.236 e. The van der Waals surface area contributed by atoms with Gasteiger partial charge in [-0.3, -0.25) is 4.79 Å². The molecule has 22 heavy (non-hydrogen) atoms. The van der Waals surface area contributed by atoms with Gasteiger partial charge in [-0.2, -0.15) is 5.26 Å². The number of rotatable bonds is 6. The lowest BCUT2D eigenvalue weighted by Gasteiger charge is -2.00. The zero-order chi connectivity index (χ0) is 15.9. The molecule has 0 spiro atoms. The third kappa shape index (κ3) is 4.98. The molecule has 0 aliphatic rings. The molecule has 114 valence electrons. The molecule has 0 atom stereocenters. The molecule has 1 aromatic heterocycles. The minimum absolute atomic E-state index is 0.0880. The number of anilines is 1. The maximum atomic E-state index is 13.1. The number of thioether (sulfide) groups is 1. The van der Waals surface area contributed by atoms with Crippen LogP contribution >= 0.6 is 34.7 Å². The van der Waals surface area contributed by atoms with Gasteiger partial charge >= 0.3 is 0 Å². The van der Waals surface area contributed by atoms with Gasteiger partial charge in [-0.1, -0.05) is 17.7 Å². The van der Waals surface area contributed by atoms with Crippen LogP contribution in [-0.4, -0.2) is 22.4 Å². The van der Waals surface area contributed by atoms with Crippen molar-refractivity contribution in [3.05, 3.63) is 45.7 Å². The second kappa shape index (κ2) is 8.13. The smallest absolute Gasteiger partial charge is 0.236 e. The van der Waals surface area contributed by atoms with E-state index < -0.39 is 5.82 Å². The lowest BCUT2D eigenvalue weighted by molar-refractivity contribution is -0.113. The number of benzene rings is 1. The Morgan fingerprint density at radius 1 is 1.55 bits per heavy atom. The first-order chi connectivity index (χ1) is 10.6. The molecule has 1 aromatic carbocycles. The number of nitrogens with zero attached hydrogens (tertiary/aromatic N) is 2. The Morgan fingerprint density at radius 3 is 3.09 bits per heavy atom. The first-order valence-corrected chi connectivity index (χ1v) is 8.56. The van der Waals surface area contributed by atoms with Crippen LogP contribution < -0.4 is 5.32 Å². The Kier molecular flexibility index (Phi) is 6.19. The van der Waals surface area contributed by atoms with Gasteiger partial charge in [0, 0.05) is 17.5 Å². The van der Waals surface area contributed by atoms with E-state index in [1.807, 2.05) is 6.07 Å². The number of carbonyl (C=O) groups excluding carboxylic acids is 1. The average Bonchev–Trinajstić information content (AvgIpc) is 2.90. The molecule has 0 aliphatic carbocycles. The predicted octanol–water partition coefficient (Wildman–Crippen LogP) is 3.72. The summed E-state index contributed by atoms with van der Waals surface area (Å²) in [6.45, 7) is 0. The molecule has 1 N–H and O–H groups in total. The van der Waals surface area contributed by atoms with Gasteiger partial charge in [0.05, 0.1) is 22.6 Å². The van der Waals surface area contributed by atoms with Gasteiger partial charge in [-0.05, 0) is 17.7 Å². The molecular formula is C14H11ClFN3OS2. The zero-order valence-corrected chi connectivity index (χ0v) is 13.7. The van der Waals surface area contributed by atoms with E-state index in [0.717, 1.165) is 10.4 Å². The van der Waals surface area contributed by atoms with Crippen molar-refractivity contribution >= 4 is 45.7 Å². The third-order valence-electron chi connectivity index (χ3n) is 2.56. The van der Waals surface area contributed by atoms with Crippen LogP contribution in [0.5, 0.6) is 0 Å². The van der Waals surface area contributed by atoms with Crippen LogP contribution in [0.15, 0.2) is 24.4 Å². The second-order valence-electron chi connectivity index (χ2n) is 4.26. The van der Waals surface area contributed by atoms with E-state index in [1.165, 1.54) is 29.2 Å². The summed E-state index contributed by atoms with van der Waals surface area (Å²) >= 11 is 8.34. The molecule has 2 rings (SSSR count). The molecule has 0 radical (unpaired) electrons. The van der Waals surface area contributed by atoms with Crippen molar-refractivity contribution in [1.29, 1.82) is 5.26 Å². The van der Waals surface area contributed by atoms with Gasteiger partial charge < -0.3 is 5.32 Å². The fourth-order valence-electron chi connectivity index (χ4n) is 1.64. The summed E-state index contributed by atoms with van der Waals surface area (Å²) in [5, 5.41) is 11.7. The Labute approximate surface area is 140 Å². The Balaban J connectivity index is 1.92. The molecule has 0 saturated carbocycles. The van der Waals surface area contributed by atoms with Gasteiger partial charge in [0.15, 0.2) is 5.13 Å². The first-order valence-electron chi connectivity index (χ1n) is 6.21. The highest BCUT2D eigenvalue weighted by molar-refractivity contribution is 8.00. The number of aromatic nitrogens is 1. The van der Waals surface area contributed by atoms with Gasteiger partial charge in [-0.25, -0.2) is 9.37 Å². The van der Waals surface area contributed by atoms with Crippen LogP contribution in [0, 0.1) is 17.1 Å². The van der Waals surface area contributed by atoms with Crippen LogP contribution in [-0.2, 0) is 11.2 Å². The van der Waals surface area contributed by atoms with E-state index in [2.05, 4.69) is 10.3 Å². The van der Waals surface area contributed by atoms with Gasteiger partial charge in [-0.15, -0.1) is 23.1 Å². The third-order valence-corrected chi connectivity index (χ3v) is 4.56. The van der Waals surface area contributed by atoms with Crippen molar-refractivity contribution in [3.63, 3.8) is 0 Å².